The number of carbonyl (C=O) groups excluding carboxylic acids is 1. The highest BCUT2D eigenvalue weighted by Gasteiger charge is 2.35. The van der Waals surface area contributed by atoms with Gasteiger partial charge in [-0.05, 0) is 36.5 Å². The van der Waals surface area contributed by atoms with E-state index in [0.29, 0.717) is 12.3 Å². The molecule has 1 saturated carbocycles. The lowest BCUT2D eigenvalue weighted by molar-refractivity contribution is -0.122. The summed E-state index contributed by atoms with van der Waals surface area (Å²) in [5, 5.41) is 13.5. The first-order valence-electron chi connectivity index (χ1n) is 7.18. The summed E-state index contributed by atoms with van der Waals surface area (Å²) < 4.78 is 0. The molecule has 2 atom stereocenters. The van der Waals surface area contributed by atoms with E-state index in [-0.39, 0.29) is 17.2 Å². The maximum absolute atomic E-state index is 12.2. The summed E-state index contributed by atoms with van der Waals surface area (Å²) in [4.78, 5) is 12.2. The molecule has 0 aliphatic heterocycles. The average molecular weight is 340 g/mol. The Bertz CT molecular complexity index is 477. The molecule has 1 aromatic carbocycles. The molecule has 0 heterocycles. The fourth-order valence-corrected chi connectivity index (χ4v) is 3.77. The van der Waals surface area contributed by atoms with Crippen molar-refractivity contribution in [3.63, 3.8) is 0 Å². The molecule has 1 fully saturated rings. The van der Waals surface area contributed by atoms with Gasteiger partial charge >= 0.3 is 0 Å². The molecular formula is C16H22BrNO2. The summed E-state index contributed by atoms with van der Waals surface area (Å²) in [6.07, 6.45) is 4.80. The van der Waals surface area contributed by atoms with Crippen LogP contribution in [0.3, 0.4) is 0 Å². The summed E-state index contributed by atoms with van der Waals surface area (Å²) in [5.74, 6) is 0.892. The Morgan fingerprint density at radius 3 is 3.00 bits per heavy atom. The van der Waals surface area contributed by atoms with Crippen LogP contribution < -0.4 is 5.32 Å². The molecule has 1 aliphatic carbocycles. The van der Waals surface area contributed by atoms with Crippen molar-refractivity contribution in [3.8, 4) is 5.75 Å². The first kappa shape index (κ1) is 15.4. The molecule has 0 radical (unpaired) electrons. The van der Waals surface area contributed by atoms with Gasteiger partial charge in [-0.15, -0.1) is 0 Å². The zero-order valence-electron chi connectivity index (χ0n) is 11.9. The van der Waals surface area contributed by atoms with Crippen molar-refractivity contribution in [2.75, 3.05) is 5.33 Å². The highest BCUT2D eigenvalue weighted by molar-refractivity contribution is 9.09. The molecule has 1 aliphatic rings. The lowest BCUT2D eigenvalue weighted by atomic mass is 9.77. The van der Waals surface area contributed by atoms with Crippen LogP contribution >= 0.6 is 15.9 Å². The smallest absolute Gasteiger partial charge is 0.224 e. The van der Waals surface area contributed by atoms with Gasteiger partial charge in [0, 0.05) is 10.9 Å². The van der Waals surface area contributed by atoms with Crippen LogP contribution in [0.25, 0.3) is 0 Å². The molecule has 0 bridgehead atoms. The zero-order chi connectivity index (χ0) is 14.6. The summed E-state index contributed by atoms with van der Waals surface area (Å²) in [6, 6.07) is 6.89. The van der Waals surface area contributed by atoms with Gasteiger partial charge in [0.25, 0.3) is 0 Å². The van der Waals surface area contributed by atoms with Crippen LogP contribution in [0.1, 0.15) is 38.2 Å². The van der Waals surface area contributed by atoms with Crippen molar-refractivity contribution in [2.24, 2.45) is 5.92 Å². The topological polar surface area (TPSA) is 49.3 Å². The van der Waals surface area contributed by atoms with E-state index in [1.807, 2.05) is 6.07 Å². The Labute approximate surface area is 128 Å². The second-order valence-electron chi connectivity index (χ2n) is 6.01. The molecule has 0 aromatic heterocycles. The second-order valence-corrected chi connectivity index (χ2v) is 6.57. The fourth-order valence-electron chi connectivity index (χ4n) is 3.12. The van der Waals surface area contributed by atoms with Crippen LogP contribution in [0.15, 0.2) is 24.3 Å². The minimum absolute atomic E-state index is 0.0316. The van der Waals surface area contributed by atoms with E-state index in [4.69, 9.17) is 0 Å². The Morgan fingerprint density at radius 2 is 2.35 bits per heavy atom. The third kappa shape index (κ3) is 3.98. The first-order chi connectivity index (χ1) is 9.53. The van der Waals surface area contributed by atoms with Crippen LogP contribution in [0, 0.1) is 5.92 Å². The Morgan fingerprint density at radius 1 is 1.55 bits per heavy atom. The fraction of sp³-hybridized carbons (Fsp3) is 0.562. The SMILES string of the molecule is CC1CCCC(CBr)(NC(=O)Cc2cccc(O)c2)C1. The predicted molar refractivity (Wildman–Crippen MR) is 84.1 cm³/mol. The van der Waals surface area contributed by atoms with Gasteiger partial charge in [0.1, 0.15) is 5.75 Å². The quantitative estimate of drug-likeness (QED) is 0.826. The number of phenolic OH excluding ortho intramolecular Hbond substituents is 1. The number of phenols is 1. The first-order valence-corrected chi connectivity index (χ1v) is 8.30. The van der Waals surface area contributed by atoms with Crippen LogP contribution in [0.5, 0.6) is 5.75 Å². The van der Waals surface area contributed by atoms with E-state index in [9.17, 15) is 9.90 Å². The monoisotopic (exact) mass is 339 g/mol. The van der Waals surface area contributed by atoms with E-state index in [0.717, 1.165) is 23.7 Å². The number of carbonyl (C=O) groups is 1. The van der Waals surface area contributed by atoms with Gasteiger partial charge in [0.05, 0.1) is 6.42 Å². The number of benzene rings is 1. The molecule has 2 N–H and O–H groups in total. The van der Waals surface area contributed by atoms with Crippen LogP contribution in [-0.2, 0) is 11.2 Å². The number of aromatic hydroxyl groups is 1. The van der Waals surface area contributed by atoms with Crippen molar-refractivity contribution in [1.82, 2.24) is 5.32 Å². The molecule has 20 heavy (non-hydrogen) atoms. The van der Waals surface area contributed by atoms with E-state index in [2.05, 4.69) is 28.2 Å². The molecule has 110 valence electrons. The summed E-state index contributed by atoms with van der Waals surface area (Å²) >= 11 is 3.57. The lowest BCUT2D eigenvalue weighted by Gasteiger charge is -2.39. The van der Waals surface area contributed by atoms with Gasteiger partial charge in [-0.25, -0.2) is 0 Å². The highest BCUT2D eigenvalue weighted by Crippen LogP contribution is 2.33. The molecule has 0 spiro atoms. The highest BCUT2D eigenvalue weighted by atomic mass is 79.9. The average Bonchev–Trinajstić information content (AvgIpc) is 2.38. The Hall–Kier alpha value is -1.03. The number of alkyl halides is 1. The maximum atomic E-state index is 12.2. The predicted octanol–water partition coefficient (Wildman–Crippen LogP) is 3.39. The van der Waals surface area contributed by atoms with Gasteiger partial charge in [-0.2, -0.15) is 0 Å². The Kier molecular flexibility index (Phi) is 5.08. The van der Waals surface area contributed by atoms with E-state index in [1.54, 1.807) is 18.2 Å². The van der Waals surface area contributed by atoms with Crippen LogP contribution in [0.2, 0.25) is 0 Å². The number of hydrogen-bond acceptors (Lipinski definition) is 2. The molecule has 4 heteroatoms. The lowest BCUT2D eigenvalue weighted by Crippen LogP contribution is -2.53. The molecule has 2 unspecified atom stereocenters. The second kappa shape index (κ2) is 6.61. The van der Waals surface area contributed by atoms with Crippen molar-refractivity contribution in [3.05, 3.63) is 29.8 Å². The van der Waals surface area contributed by atoms with Gasteiger partial charge in [0.2, 0.25) is 5.91 Å². The van der Waals surface area contributed by atoms with Gasteiger partial charge in [0.15, 0.2) is 0 Å². The standard InChI is InChI=1S/C16H22BrNO2/c1-12-4-3-7-16(10-12,11-17)18-15(20)9-13-5-2-6-14(19)8-13/h2,5-6,8,12,19H,3-4,7,9-11H2,1H3,(H,18,20). The zero-order valence-corrected chi connectivity index (χ0v) is 13.4. The minimum atomic E-state index is -0.106. The minimum Gasteiger partial charge on any atom is -0.508 e. The maximum Gasteiger partial charge on any atom is 0.224 e. The molecule has 1 amide bonds. The number of amides is 1. The Balaban J connectivity index is 1.99. The number of nitrogens with one attached hydrogen (secondary N) is 1. The van der Waals surface area contributed by atoms with E-state index < -0.39 is 0 Å². The molecule has 2 rings (SSSR count). The molecule has 3 nitrogen and oxygen atoms in total. The van der Waals surface area contributed by atoms with Crippen molar-refractivity contribution in [1.29, 1.82) is 0 Å². The van der Waals surface area contributed by atoms with Gasteiger partial charge in [-0.3, -0.25) is 4.79 Å². The van der Waals surface area contributed by atoms with E-state index >= 15 is 0 Å². The number of rotatable bonds is 4. The van der Waals surface area contributed by atoms with Crippen molar-refractivity contribution < 1.29 is 9.90 Å². The molecule has 0 saturated heterocycles. The van der Waals surface area contributed by atoms with Crippen molar-refractivity contribution >= 4 is 21.8 Å². The van der Waals surface area contributed by atoms with Crippen molar-refractivity contribution in [2.45, 2.75) is 44.6 Å². The normalized spacial score (nSPS) is 26.2. The number of halogens is 1. The van der Waals surface area contributed by atoms with Gasteiger partial charge in [-0.1, -0.05) is 47.8 Å². The third-order valence-electron chi connectivity index (χ3n) is 4.03. The summed E-state index contributed by atoms with van der Waals surface area (Å²) in [7, 11) is 0. The summed E-state index contributed by atoms with van der Waals surface area (Å²) in [5.41, 5.74) is 0.738. The molecule has 1 aromatic rings. The van der Waals surface area contributed by atoms with E-state index in [1.165, 1.54) is 12.8 Å². The van der Waals surface area contributed by atoms with Gasteiger partial charge < -0.3 is 10.4 Å². The number of hydrogen-bond donors (Lipinski definition) is 2. The largest absolute Gasteiger partial charge is 0.508 e. The van der Waals surface area contributed by atoms with Crippen LogP contribution in [0.4, 0.5) is 0 Å². The summed E-state index contributed by atoms with van der Waals surface area (Å²) in [6.45, 7) is 2.25. The molecular weight excluding hydrogens is 318 g/mol. The van der Waals surface area contributed by atoms with Crippen LogP contribution in [-0.4, -0.2) is 21.9 Å². The third-order valence-corrected chi connectivity index (χ3v) is 5.10.